The number of nitrogens with one attached hydrogen (secondary N) is 1. The molecule has 0 saturated heterocycles. The van der Waals surface area contributed by atoms with Crippen LogP contribution in [0.2, 0.25) is 0 Å². The molecule has 0 bridgehead atoms. The number of nitrogens with zero attached hydrogens (tertiary/aromatic N) is 2. The molecule has 6 heteroatoms. The van der Waals surface area contributed by atoms with Gasteiger partial charge < -0.3 is 10.2 Å². The molecule has 1 N–H and O–H groups in total. The maximum atomic E-state index is 13.9. The SMILES string of the molecule is CN1CCN=C1NCC1(c2ccc(F)cc2F)CC1.I. The van der Waals surface area contributed by atoms with E-state index in [0.29, 0.717) is 12.1 Å². The zero-order valence-corrected chi connectivity index (χ0v) is 13.7. The van der Waals surface area contributed by atoms with E-state index in [1.54, 1.807) is 6.07 Å². The third-order valence-corrected chi connectivity index (χ3v) is 4.00. The molecule has 1 heterocycles. The van der Waals surface area contributed by atoms with Gasteiger partial charge in [-0.25, -0.2) is 8.78 Å². The van der Waals surface area contributed by atoms with E-state index in [1.165, 1.54) is 6.07 Å². The van der Waals surface area contributed by atoms with Gasteiger partial charge in [0, 0.05) is 31.6 Å². The Kier molecular flexibility index (Phi) is 4.51. The minimum atomic E-state index is -0.523. The molecule has 1 aromatic carbocycles. The van der Waals surface area contributed by atoms with E-state index in [0.717, 1.165) is 38.0 Å². The Morgan fingerprint density at radius 3 is 2.65 bits per heavy atom. The molecule has 1 aliphatic carbocycles. The Balaban J connectivity index is 0.00000147. The summed E-state index contributed by atoms with van der Waals surface area (Å²) in [6, 6.07) is 3.87. The Morgan fingerprint density at radius 1 is 1.35 bits per heavy atom. The van der Waals surface area contributed by atoms with Gasteiger partial charge in [0.25, 0.3) is 0 Å². The lowest BCUT2D eigenvalue weighted by Gasteiger charge is -2.21. The summed E-state index contributed by atoms with van der Waals surface area (Å²) in [5.41, 5.74) is 0.423. The maximum Gasteiger partial charge on any atom is 0.193 e. The lowest BCUT2D eigenvalue weighted by molar-refractivity contribution is 0.512. The van der Waals surface area contributed by atoms with Crippen molar-refractivity contribution >= 4 is 29.9 Å². The zero-order valence-electron chi connectivity index (χ0n) is 11.3. The van der Waals surface area contributed by atoms with E-state index >= 15 is 0 Å². The monoisotopic (exact) mass is 393 g/mol. The summed E-state index contributed by atoms with van der Waals surface area (Å²) < 4.78 is 26.8. The number of aliphatic imine (C=N–C) groups is 1. The van der Waals surface area contributed by atoms with Gasteiger partial charge >= 0.3 is 0 Å². The molecule has 0 aromatic heterocycles. The molecular formula is C14H18F2IN3. The maximum absolute atomic E-state index is 13.9. The van der Waals surface area contributed by atoms with Crippen LogP contribution in [-0.2, 0) is 5.41 Å². The average molecular weight is 393 g/mol. The number of rotatable bonds is 3. The van der Waals surface area contributed by atoms with E-state index in [9.17, 15) is 8.78 Å². The number of hydrogen-bond donors (Lipinski definition) is 1. The number of guanidine groups is 1. The molecule has 3 rings (SSSR count). The van der Waals surface area contributed by atoms with Gasteiger partial charge in [-0.15, -0.1) is 24.0 Å². The number of benzene rings is 1. The van der Waals surface area contributed by atoms with Crippen LogP contribution >= 0.6 is 24.0 Å². The molecule has 0 spiro atoms. The van der Waals surface area contributed by atoms with Crippen molar-refractivity contribution in [2.24, 2.45) is 4.99 Å². The van der Waals surface area contributed by atoms with Crippen LogP contribution in [0, 0.1) is 11.6 Å². The topological polar surface area (TPSA) is 27.6 Å². The third-order valence-electron chi connectivity index (χ3n) is 4.00. The summed E-state index contributed by atoms with van der Waals surface area (Å²) in [5, 5.41) is 3.29. The summed E-state index contributed by atoms with van der Waals surface area (Å²) in [6.45, 7) is 2.37. The number of likely N-dealkylation sites (N-methyl/N-ethyl adjacent to an activating group) is 1. The summed E-state index contributed by atoms with van der Waals surface area (Å²) >= 11 is 0. The quantitative estimate of drug-likeness (QED) is 0.800. The van der Waals surface area contributed by atoms with Crippen LogP contribution in [0.25, 0.3) is 0 Å². The predicted octanol–water partition coefficient (Wildman–Crippen LogP) is 2.51. The molecule has 1 saturated carbocycles. The van der Waals surface area contributed by atoms with Gasteiger partial charge in [0.2, 0.25) is 0 Å². The van der Waals surface area contributed by atoms with Gasteiger partial charge in [0.15, 0.2) is 5.96 Å². The molecule has 20 heavy (non-hydrogen) atoms. The fraction of sp³-hybridized carbons (Fsp3) is 0.500. The van der Waals surface area contributed by atoms with Gasteiger partial charge in [-0.3, -0.25) is 4.99 Å². The van der Waals surface area contributed by atoms with Crippen LogP contribution in [-0.4, -0.2) is 37.5 Å². The fourth-order valence-electron chi connectivity index (χ4n) is 2.58. The molecule has 2 aliphatic rings. The van der Waals surface area contributed by atoms with Crippen LogP contribution in [0.1, 0.15) is 18.4 Å². The minimum Gasteiger partial charge on any atom is -0.355 e. The molecule has 110 valence electrons. The van der Waals surface area contributed by atoms with E-state index < -0.39 is 11.6 Å². The molecular weight excluding hydrogens is 375 g/mol. The minimum absolute atomic E-state index is 0. The predicted molar refractivity (Wildman–Crippen MR) is 85.6 cm³/mol. The zero-order chi connectivity index (χ0) is 13.5. The second-order valence-corrected chi connectivity index (χ2v) is 5.38. The van der Waals surface area contributed by atoms with Crippen molar-refractivity contribution in [2.75, 3.05) is 26.7 Å². The highest BCUT2D eigenvalue weighted by molar-refractivity contribution is 14.0. The van der Waals surface area contributed by atoms with Crippen molar-refractivity contribution in [3.05, 3.63) is 35.4 Å². The Bertz CT molecular complexity index is 529. The Morgan fingerprint density at radius 2 is 2.10 bits per heavy atom. The normalized spacial score (nSPS) is 19.4. The van der Waals surface area contributed by atoms with Crippen molar-refractivity contribution < 1.29 is 8.78 Å². The van der Waals surface area contributed by atoms with Crippen LogP contribution < -0.4 is 5.32 Å². The van der Waals surface area contributed by atoms with Gasteiger partial charge in [-0.1, -0.05) is 6.07 Å². The second-order valence-electron chi connectivity index (χ2n) is 5.38. The standard InChI is InChI=1S/C14H17F2N3.HI/c1-19-7-6-17-13(19)18-9-14(4-5-14)11-3-2-10(15)8-12(11)16;/h2-3,8H,4-7,9H2,1H3,(H,17,18);1H. The molecule has 0 unspecified atom stereocenters. The van der Waals surface area contributed by atoms with Crippen molar-refractivity contribution in [2.45, 2.75) is 18.3 Å². The summed E-state index contributed by atoms with van der Waals surface area (Å²) in [5.74, 6) is -0.0975. The first kappa shape index (κ1) is 15.5. The van der Waals surface area contributed by atoms with Gasteiger partial charge in [-0.2, -0.15) is 0 Å². The lowest BCUT2D eigenvalue weighted by Crippen LogP contribution is -2.40. The van der Waals surface area contributed by atoms with E-state index in [1.807, 2.05) is 7.05 Å². The molecule has 0 amide bonds. The smallest absolute Gasteiger partial charge is 0.193 e. The van der Waals surface area contributed by atoms with Gasteiger partial charge in [-0.05, 0) is 24.5 Å². The Labute approximate surface area is 134 Å². The highest BCUT2D eigenvalue weighted by atomic mass is 127. The van der Waals surface area contributed by atoms with Crippen LogP contribution in [0.4, 0.5) is 8.78 Å². The van der Waals surface area contributed by atoms with Crippen LogP contribution in [0.15, 0.2) is 23.2 Å². The molecule has 1 aliphatic heterocycles. The molecule has 0 atom stereocenters. The second kappa shape index (κ2) is 5.83. The van der Waals surface area contributed by atoms with E-state index in [2.05, 4.69) is 15.2 Å². The van der Waals surface area contributed by atoms with Crippen molar-refractivity contribution in [3.63, 3.8) is 0 Å². The van der Waals surface area contributed by atoms with E-state index in [4.69, 9.17) is 0 Å². The first-order valence-corrected chi connectivity index (χ1v) is 6.56. The van der Waals surface area contributed by atoms with Crippen molar-refractivity contribution in [1.82, 2.24) is 10.2 Å². The molecule has 0 radical (unpaired) electrons. The fourth-order valence-corrected chi connectivity index (χ4v) is 2.58. The van der Waals surface area contributed by atoms with Crippen LogP contribution in [0.5, 0.6) is 0 Å². The highest BCUT2D eigenvalue weighted by Gasteiger charge is 2.46. The Hall–Kier alpha value is -0.920. The molecule has 3 nitrogen and oxygen atoms in total. The number of hydrogen-bond acceptors (Lipinski definition) is 3. The summed E-state index contributed by atoms with van der Waals surface area (Å²) in [4.78, 5) is 6.41. The van der Waals surface area contributed by atoms with E-state index in [-0.39, 0.29) is 29.4 Å². The largest absolute Gasteiger partial charge is 0.355 e. The van der Waals surface area contributed by atoms with Gasteiger partial charge in [0.05, 0.1) is 6.54 Å². The lowest BCUT2D eigenvalue weighted by atomic mass is 9.95. The van der Waals surface area contributed by atoms with Crippen LogP contribution in [0.3, 0.4) is 0 Å². The third kappa shape index (κ3) is 2.89. The molecule has 1 aromatic rings. The molecule has 1 fully saturated rings. The van der Waals surface area contributed by atoms with Crippen molar-refractivity contribution in [3.8, 4) is 0 Å². The summed E-state index contributed by atoms with van der Waals surface area (Å²) in [6.07, 6.45) is 1.86. The number of halogens is 3. The van der Waals surface area contributed by atoms with Gasteiger partial charge in [0.1, 0.15) is 11.6 Å². The van der Waals surface area contributed by atoms with Crippen molar-refractivity contribution in [1.29, 1.82) is 0 Å². The first-order valence-electron chi connectivity index (χ1n) is 6.56. The first-order chi connectivity index (χ1) is 9.11. The average Bonchev–Trinajstić information content (AvgIpc) is 3.03. The highest BCUT2D eigenvalue weighted by Crippen LogP contribution is 2.48. The summed E-state index contributed by atoms with van der Waals surface area (Å²) in [7, 11) is 1.98.